The van der Waals surface area contributed by atoms with Crippen molar-refractivity contribution in [1.82, 2.24) is 0 Å². The van der Waals surface area contributed by atoms with Crippen LogP contribution in [0.4, 0.5) is 0 Å². The lowest BCUT2D eigenvalue weighted by Crippen LogP contribution is -2.36. The van der Waals surface area contributed by atoms with Gasteiger partial charge in [0.25, 0.3) is 0 Å². The first-order chi connectivity index (χ1) is 8.49. The summed E-state index contributed by atoms with van der Waals surface area (Å²) in [5, 5.41) is 0. The molecule has 0 aromatic carbocycles. The van der Waals surface area contributed by atoms with Crippen LogP contribution >= 0.6 is 0 Å². The fraction of sp³-hybridized carbons (Fsp3) is 0.571. The van der Waals surface area contributed by atoms with E-state index in [1.165, 1.54) is 6.92 Å². The van der Waals surface area contributed by atoms with Crippen molar-refractivity contribution in [3.05, 3.63) is 24.8 Å². The fourth-order valence-corrected chi connectivity index (χ4v) is 2.00. The number of carbonyl (C=O) groups excluding carboxylic acids is 2. The summed E-state index contributed by atoms with van der Waals surface area (Å²) in [6.07, 6.45) is 6.45. The summed E-state index contributed by atoms with van der Waals surface area (Å²) in [6.45, 7) is 8.32. The zero-order valence-electron chi connectivity index (χ0n) is 10.9. The smallest absolute Gasteiger partial charge is 0.345 e. The van der Waals surface area contributed by atoms with Crippen molar-refractivity contribution >= 4 is 11.9 Å². The molecule has 0 atom stereocenters. The van der Waals surface area contributed by atoms with Crippen molar-refractivity contribution in [2.45, 2.75) is 44.6 Å². The molecule has 0 radical (unpaired) electrons. The van der Waals surface area contributed by atoms with Gasteiger partial charge in [0.05, 0.1) is 0 Å². The molecular formula is C14H20O4. The minimum atomic E-state index is -0.580. The lowest BCUT2D eigenvalue weighted by Gasteiger charge is -2.33. The molecule has 0 saturated heterocycles. The van der Waals surface area contributed by atoms with Gasteiger partial charge in [0.2, 0.25) is 0 Å². The normalized spacial score (nSPS) is 17.6. The summed E-state index contributed by atoms with van der Waals surface area (Å²) < 4.78 is 10.1. The lowest BCUT2D eigenvalue weighted by atomic mass is 9.85. The predicted octanol–water partition coefficient (Wildman–Crippen LogP) is 2.54. The second-order valence-corrected chi connectivity index (χ2v) is 4.66. The molecule has 18 heavy (non-hydrogen) atoms. The summed E-state index contributed by atoms with van der Waals surface area (Å²) in [7, 11) is 0. The van der Waals surface area contributed by atoms with Gasteiger partial charge in [-0.05, 0) is 38.7 Å². The Morgan fingerprint density at radius 1 is 1.28 bits per heavy atom. The Morgan fingerprint density at radius 2 is 1.89 bits per heavy atom. The van der Waals surface area contributed by atoms with E-state index in [0.717, 1.165) is 32.1 Å². The standard InChI is InChI=1S/C14H20O4/c1-4-14(8-6-5-7-9-14)18-12(15)10-17-13(16)11(2)3/h4H,1-2,5-10H2,3H3. The maximum Gasteiger partial charge on any atom is 0.345 e. The van der Waals surface area contributed by atoms with Crippen molar-refractivity contribution in [2.24, 2.45) is 0 Å². The zero-order valence-corrected chi connectivity index (χ0v) is 10.9. The summed E-state index contributed by atoms with van der Waals surface area (Å²) >= 11 is 0. The predicted molar refractivity (Wildman–Crippen MR) is 67.9 cm³/mol. The van der Waals surface area contributed by atoms with Crippen molar-refractivity contribution < 1.29 is 19.1 Å². The van der Waals surface area contributed by atoms with Gasteiger partial charge in [0, 0.05) is 5.57 Å². The highest BCUT2D eigenvalue weighted by Crippen LogP contribution is 2.32. The molecule has 4 heteroatoms. The van der Waals surface area contributed by atoms with E-state index in [-0.39, 0.29) is 12.2 Å². The van der Waals surface area contributed by atoms with E-state index >= 15 is 0 Å². The molecule has 0 aromatic rings. The van der Waals surface area contributed by atoms with Crippen molar-refractivity contribution in [3.63, 3.8) is 0 Å². The van der Waals surface area contributed by atoms with Gasteiger partial charge < -0.3 is 9.47 Å². The van der Waals surface area contributed by atoms with Crippen LogP contribution in [0.3, 0.4) is 0 Å². The summed E-state index contributed by atoms with van der Waals surface area (Å²) in [5.41, 5.74) is -0.316. The monoisotopic (exact) mass is 252 g/mol. The summed E-state index contributed by atoms with van der Waals surface area (Å²) in [5.74, 6) is -1.12. The molecule has 0 unspecified atom stereocenters. The fourth-order valence-electron chi connectivity index (χ4n) is 2.00. The van der Waals surface area contributed by atoms with E-state index < -0.39 is 17.5 Å². The van der Waals surface area contributed by atoms with Gasteiger partial charge in [-0.25, -0.2) is 9.59 Å². The number of hydrogen-bond donors (Lipinski definition) is 0. The SMILES string of the molecule is C=CC1(OC(=O)COC(=O)C(=C)C)CCCCC1. The molecule has 0 aliphatic heterocycles. The Morgan fingerprint density at radius 3 is 2.39 bits per heavy atom. The highest BCUT2D eigenvalue weighted by Gasteiger charge is 2.32. The van der Waals surface area contributed by atoms with Crippen LogP contribution in [0, 0.1) is 0 Å². The van der Waals surface area contributed by atoms with Crippen LogP contribution in [-0.2, 0) is 19.1 Å². The van der Waals surface area contributed by atoms with Crippen LogP contribution in [0.25, 0.3) is 0 Å². The first-order valence-electron chi connectivity index (χ1n) is 6.17. The molecule has 0 amide bonds. The molecule has 0 spiro atoms. The Labute approximate surface area is 108 Å². The number of carbonyl (C=O) groups is 2. The van der Waals surface area contributed by atoms with E-state index in [1.807, 2.05) is 0 Å². The Bertz CT molecular complexity index is 351. The van der Waals surface area contributed by atoms with Gasteiger partial charge in [-0.1, -0.05) is 19.6 Å². The van der Waals surface area contributed by atoms with E-state index in [0.29, 0.717) is 0 Å². The van der Waals surface area contributed by atoms with E-state index in [9.17, 15) is 9.59 Å². The summed E-state index contributed by atoms with van der Waals surface area (Å²) in [4.78, 5) is 22.8. The Kier molecular flexibility index (Phi) is 5.13. The second-order valence-electron chi connectivity index (χ2n) is 4.66. The maximum atomic E-state index is 11.6. The molecule has 0 heterocycles. The van der Waals surface area contributed by atoms with Crippen molar-refractivity contribution in [3.8, 4) is 0 Å². The number of esters is 2. The van der Waals surface area contributed by atoms with Crippen LogP contribution in [0.2, 0.25) is 0 Å². The molecule has 1 fully saturated rings. The maximum absolute atomic E-state index is 11.6. The molecule has 0 bridgehead atoms. The van der Waals surface area contributed by atoms with E-state index in [4.69, 9.17) is 9.47 Å². The van der Waals surface area contributed by atoms with E-state index in [1.54, 1.807) is 6.08 Å². The number of rotatable bonds is 5. The minimum Gasteiger partial charge on any atom is -0.452 e. The van der Waals surface area contributed by atoms with Crippen molar-refractivity contribution in [2.75, 3.05) is 6.61 Å². The Balaban J connectivity index is 2.45. The Hall–Kier alpha value is -1.58. The number of hydrogen-bond acceptors (Lipinski definition) is 4. The molecule has 100 valence electrons. The van der Waals surface area contributed by atoms with E-state index in [2.05, 4.69) is 13.2 Å². The third kappa shape index (κ3) is 4.02. The second kappa shape index (κ2) is 6.38. The molecule has 0 N–H and O–H groups in total. The van der Waals surface area contributed by atoms with Gasteiger partial charge in [-0.15, -0.1) is 0 Å². The quantitative estimate of drug-likeness (QED) is 0.428. The van der Waals surface area contributed by atoms with Crippen LogP contribution < -0.4 is 0 Å². The number of ether oxygens (including phenoxy) is 2. The molecule has 1 aliphatic carbocycles. The van der Waals surface area contributed by atoms with Gasteiger partial charge in [-0.2, -0.15) is 0 Å². The molecular weight excluding hydrogens is 232 g/mol. The minimum absolute atomic E-state index is 0.263. The first kappa shape index (κ1) is 14.5. The van der Waals surface area contributed by atoms with Crippen LogP contribution in [0.5, 0.6) is 0 Å². The molecule has 1 saturated carbocycles. The van der Waals surface area contributed by atoms with Crippen LogP contribution in [0.15, 0.2) is 24.8 Å². The highest BCUT2D eigenvalue weighted by atomic mass is 16.6. The van der Waals surface area contributed by atoms with Gasteiger partial charge >= 0.3 is 11.9 Å². The average Bonchev–Trinajstić information content (AvgIpc) is 2.36. The lowest BCUT2D eigenvalue weighted by molar-refractivity contribution is -0.167. The largest absolute Gasteiger partial charge is 0.452 e. The highest BCUT2D eigenvalue weighted by molar-refractivity contribution is 5.88. The summed E-state index contributed by atoms with van der Waals surface area (Å²) in [6, 6.07) is 0. The van der Waals surface area contributed by atoms with Gasteiger partial charge in [0.1, 0.15) is 5.60 Å². The van der Waals surface area contributed by atoms with Gasteiger partial charge in [0.15, 0.2) is 6.61 Å². The van der Waals surface area contributed by atoms with Crippen LogP contribution in [-0.4, -0.2) is 24.1 Å². The molecule has 1 aliphatic rings. The third-order valence-electron chi connectivity index (χ3n) is 3.06. The molecule has 0 aromatic heterocycles. The van der Waals surface area contributed by atoms with Crippen LogP contribution in [0.1, 0.15) is 39.0 Å². The topological polar surface area (TPSA) is 52.6 Å². The molecule has 4 nitrogen and oxygen atoms in total. The average molecular weight is 252 g/mol. The van der Waals surface area contributed by atoms with Gasteiger partial charge in [-0.3, -0.25) is 0 Å². The third-order valence-corrected chi connectivity index (χ3v) is 3.06. The first-order valence-corrected chi connectivity index (χ1v) is 6.17. The van der Waals surface area contributed by atoms with Crippen molar-refractivity contribution in [1.29, 1.82) is 0 Å². The zero-order chi connectivity index (χ0) is 13.6. The molecule has 1 rings (SSSR count).